The fraction of sp³-hybridized carbons (Fsp3) is 0.938. The van der Waals surface area contributed by atoms with E-state index in [-0.39, 0.29) is 18.0 Å². The van der Waals surface area contributed by atoms with Crippen LogP contribution in [0.25, 0.3) is 0 Å². The predicted molar refractivity (Wildman–Crippen MR) is 76.6 cm³/mol. The molecule has 0 aromatic heterocycles. The Morgan fingerprint density at radius 3 is 2.21 bits per heavy atom. The fourth-order valence-corrected chi connectivity index (χ4v) is 3.38. The highest BCUT2D eigenvalue weighted by atomic mass is 16.5. The predicted octanol–water partition coefficient (Wildman–Crippen LogP) is 3.26. The summed E-state index contributed by atoms with van der Waals surface area (Å²) in [6.07, 6.45) is 8.72. The Labute approximate surface area is 117 Å². The Bertz CT molecular complexity index is 296. The lowest BCUT2D eigenvalue weighted by Crippen LogP contribution is -2.32. The van der Waals surface area contributed by atoms with Crippen molar-refractivity contribution in [2.24, 2.45) is 23.0 Å². The van der Waals surface area contributed by atoms with E-state index in [1.54, 1.807) is 0 Å². The van der Waals surface area contributed by atoms with Gasteiger partial charge < -0.3 is 10.5 Å². The molecule has 2 rings (SSSR count). The summed E-state index contributed by atoms with van der Waals surface area (Å²) in [5, 5.41) is 0. The van der Waals surface area contributed by atoms with Crippen molar-refractivity contribution < 1.29 is 9.53 Å². The monoisotopic (exact) mass is 267 g/mol. The standard InChI is InChI=1S/C16H29NO2/c1-16(2)9-7-14(8-10-16)19-15(18)13-5-3-12(11-17)4-6-13/h12-14H,3-11,17H2,1-2H3. The largest absolute Gasteiger partial charge is 0.462 e. The molecule has 2 aliphatic rings. The molecule has 0 saturated heterocycles. The van der Waals surface area contributed by atoms with Gasteiger partial charge in [0.25, 0.3) is 0 Å². The second-order valence-electron chi connectivity index (χ2n) is 7.25. The number of esters is 1. The number of carbonyl (C=O) groups is 1. The molecule has 19 heavy (non-hydrogen) atoms. The van der Waals surface area contributed by atoms with Gasteiger partial charge in [0.2, 0.25) is 0 Å². The van der Waals surface area contributed by atoms with E-state index in [2.05, 4.69) is 13.8 Å². The molecular formula is C16H29NO2. The van der Waals surface area contributed by atoms with Gasteiger partial charge in [0.15, 0.2) is 0 Å². The molecule has 0 aromatic carbocycles. The zero-order valence-electron chi connectivity index (χ0n) is 12.5. The Morgan fingerprint density at radius 1 is 1.11 bits per heavy atom. The third kappa shape index (κ3) is 4.20. The van der Waals surface area contributed by atoms with Crippen LogP contribution < -0.4 is 5.73 Å². The van der Waals surface area contributed by atoms with E-state index in [4.69, 9.17) is 10.5 Å². The minimum absolute atomic E-state index is 0.0557. The molecule has 2 saturated carbocycles. The minimum Gasteiger partial charge on any atom is -0.462 e. The van der Waals surface area contributed by atoms with Crippen LogP contribution in [0.1, 0.15) is 65.2 Å². The number of carbonyl (C=O) groups excluding carboxylic acids is 1. The van der Waals surface area contributed by atoms with Crippen LogP contribution in [0.4, 0.5) is 0 Å². The quantitative estimate of drug-likeness (QED) is 0.798. The van der Waals surface area contributed by atoms with E-state index in [1.165, 1.54) is 12.8 Å². The van der Waals surface area contributed by atoms with Crippen LogP contribution in [0, 0.1) is 17.3 Å². The van der Waals surface area contributed by atoms with E-state index in [0.29, 0.717) is 11.3 Å². The number of hydrogen-bond donors (Lipinski definition) is 1. The summed E-state index contributed by atoms with van der Waals surface area (Å²) in [5.74, 6) is 0.817. The second kappa shape index (κ2) is 6.25. The lowest BCUT2D eigenvalue weighted by molar-refractivity contribution is -0.158. The lowest BCUT2D eigenvalue weighted by Gasteiger charge is -2.35. The van der Waals surface area contributed by atoms with Gasteiger partial charge in [0.05, 0.1) is 5.92 Å². The van der Waals surface area contributed by atoms with Crippen LogP contribution in [0.3, 0.4) is 0 Å². The summed E-state index contributed by atoms with van der Waals surface area (Å²) in [6.45, 7) is 5.37. The van der Waals surface area contributed by atoms with Crippen molar-refractivity contribution in [1.29, 1.82) is 0 Å². The molecule has 0 atom stereocenters. The average molecular weight is 267 g/mol. The second-order valence-corrected chi connectivity index (χ2v) is 7.25. The Hall–Kier alpha value is -0.570. The van der Waals surface area contributed by atoms with Gasteiger partial charge in [-0.3, -0.25) is 4.79 Å². The van der Waals surface area contributed by atoms with E-state index in [0.717, 1.165) is 45.1 Å². The van der Waals surface area contributed by atoms with Crippen LogP contribution in [-0.2, 0) is 9.53 Å². The maximum Gasteiger partial charge on any atom is 0.309 e. The van der Waals surface area contributed by atoms with Gasteiger partial charge in [0.1, 0.15) is 6.10 Å². The van der Waals surface area contributed by atoms with Crippen molar-refractivity contribution in [2.75, 3.05) is 6.54 Å². The Kier molecular flexibility index (Phi) is 4.88. The first-order valence-electron chi connectivity index (χ1n) is 7.91. The SMILES string of the molecule is CC1(C)CCC(OC(=O)C2CCC(CN)CC2)CC1. The number of ether oxygens (including phenoxy) is 1. The van der Waals surface area contributed by atoms with Gasteiger partial charge in [-0.05, 0) is 69.2 Å². The number of rotatable bonds is 3. The van der Waals surface area contributed by atoms with E-state index in [1.807, 2.05) is 0 Å². The summed E-state index contributed by atoms with van der Waals surface area (Å²) >= 11 is 0. The smallest absolute Gasteiger partial charge is 0.309 e. The maximum atomic E-state index is 12.2. The van der Waals surface area contributed by atoms with Crippen LogP contribution in [0.2, 0.25) is 0 Å². The molecule has 3 nitrogen and oxygen atoms in total. The lowest BCUT2D eigenvalue weighted by atomic mass is 9.76. The highest BCUT2D eigenvalue weighted by Crippen LogP contribution is 2.37. The molecule has 0 heterocycles. The number of nitrogens with two attached hydrogens (primary N) is 1. The normalized spacial score (nSPS) is 31.9. The molecule has 0 aromatic rings. The van der Waals surface area contributed by atoms with Gasteiger partial charge in [-0.2, -0.15) is 0 Å². The third-order valence-corrected chi connectivity index (χ3v) is 5.08. The zero-order chi connectivity index (χ0) is 13.9. The van der Waals surface area contributed by atoms with Gasteiger partial charge in [-0.25, -0.2) is 0 Å². The first-order valence-corrected chi connectivity index (χ1v) is 7.91. The Morgan fingerprint density at radius 2 is 1.68 bits per heavy atom. The summed E-state index contributed by atoms with van der Waals surface area (Å²) in [6, 6.07) is 0. The van der Waals surface area contributed by atoms with Crippen molar-refractivity contribution in [2.45, 2.75) is 71.3 Å². The van der Waals surface area contributed by atoms with Crippen molar-refractivity contribution in [3.8, 4) is 0 Å². The van der Waals surface area contributed by atoms with Crippen molar-refractivity contribution in [3.63, 3.8) is 0 Å². The van der Waals surface area contributed by atoms with E-state index in [9.17, 15) is 4.79 Å². The minimum atomic E-state index is 0.0557. The highest BCUT2D eigenvalue weighted by Gasteiger charge is 2.32. The molecule has 0 radical (unpaired) electrons. The molecule has 0 aliphatic heterocycles. The summed E-state index contributed by atoms with van der Waals surface area (Å²) < 4.78 is 5.72. The van der Waals surface area contributed by atoms with Gasteiger partial charge in [-0.1, -0.05) is 13.8 Å². The molecule has 0 bridgehead atoms. The first kappa shape index (κ1) is 14.8. The first-order chi connectivity index (χ1) is 9.00. The van der Waals surface area contributed by atoms with Crippen molar-refractivity contribution in [1.82, 2.24) is 0 Å². The molecule has 2 fully saturated rings. The molecular weight excluding hydrogens is 238 g/mol. The third-order valence-electron chi connectivity index (χ3n) is 5.08. The van der Waals surface area contributed by atoms with Gasteiger partial charge >= 0.3 is 5.97 Å². The van der Waals surface area contributed by atoms with Crippen LogP contribution in [-0.4, -0.2) is 18.6 Å². The fourth-order valence-electron chi connectivity index (χ4n) is 3.38. The molecule has 0 spiro atoms. The molecule has 2 aliphatic carbocycles. The Balaban J connectivity index is 1.73. The van der Waals surface area contributed by atoms with Crippen LogP contribution >= 0.6 is 0 Å². The average Bonchev–Trinajstić information content (AvgIpc) is 2.41. The molecule has 0 unspecified atom stereocenters. The summed E-state index contributed by atoms with van der Waals surface area (Å²) in [7, 11) is 0. The van der Waals surface area contributed by atoms with E-state index < -0.39 is 0 Å². The van der Waals surface area contributed by atoms with E-state index >= 15 is 0 Å². The highest BCUT2D eigenvalue weighted by molar-refractivity contribution is 5.72. The topological polar surface area (TPSA) is 52.3 Å². The van der Waals surface area contributed by atoms with Crippen molar-refractivity contribution in [3.05, 3.63) is 0 Å². The molecule has 3 heteroatoms. The molecule has 110 valence electrons. The van der Waals surface area contributed by atoms with Gasteiger partial charge in [0, 0.05) is 0 Å². The summed E-state index contributed by atoms with van der Waals surface area (Å²) in [4.78, 5) is 12.2. The van der Waals surface area contributed by atoms with Crippen LogP contribution in [0.5, 0.6) is 0 Å². The van der Waals surface area contributed by atoms with Crippen LogP contribution in [0.15, 0.2) is 0 Å². The molecule has 2 N–H and O–H groups in total. The number of hydrogen-bond acceptors (Lipinski definition) is 3. The zero-order valence-corrected chi connectivity index (χ0v) is 12.5. The maximum absolute atomic E-state index is 12.2. The summed E-state index contributed by atoms with van der Waals surface area (Å²) in [5.41, 5.74) is 6.12. The van der Waals surface area contributed by atoms with Crippen molar-refractivity contribution >= 4 is 5.97 Å². The van der Waals surface area contributed by atoms with Gasteiger partial charge in [-0.15, -0.1) is 0 Å². The molecule has 0 amide bonds.